The Morgan fingerprint density at radius 2 is 1.37 bits per heavy atom. The summed E-state index contributed by atoms with van der Waals surface area (Å²) in [6, 6.07) is 25.1. The smallest absolute Gasteiger partial charge is 0.347 e. The molecular formula is C44H43FN2O7. The summed E-state index contributed by atoms with van der Waals surface area (Å²) in [5, 5.41) is 0. The first-order valence-corrected chi connectivity index (χ1v) is 18.2. The zero-order valence-electron chi connectivity index (χ0n) is 31.1. The molecule has 5 aromatic rings. The monoisotopic (exact) mass is 730 g/mol. The Kier molecular flexibility index (Phi) is 9.64. The van der Waals surface area contributed by atoms with Gasteiger partial charge in [-0.15, -0.1) is 0 Å². The molecule has 0 aromatic heterocycles. The number of carbonyl (C=O) groups excluding carboxylic acids is 1. The number of rotatable bonds is 5. The van der Waals surface area contributed by atoms with Crippen molar-refractivity contribution in [2.45, 2.75) is 37.8 Å². The quantitative estimate of drug-likeness (QED) is 0.131. The molecule has 6 bridgehead atoms. The molecule has 0 radical (unpaired) electrons. The highest BCUT2D eigenvalue weighted by atomic mass is 19.1. The van der Waals surface area contributed by atoms with Crippen LogP contribution >= 0.6 is 0 Å². The lowest BCUT2D eigenvalue weighted by atomic mass is 9.87. The van der Waals surface area contributed by atoms with Gasteiger partial charge in [-0.25, -0.2) is 9.18 Å². The number of halogens is 1. The van der Waals surface area contributed by atoms with Crippen molar-refractivity contribution in [2.24, 2.45) is 0 Å². The maximum Gasteiger partial charge on any atom is 0.347 e. The van der Waals surface area contributed by atoms with Crippen molar-refractivity contribution < 1.29 is 37.6 Å². The second-order valence-electron chi connectivity index (χ2n) is 14.1. The Labute approximate surface area is 314 Å². The number of methoxy groups -OCH3 is 3. The van der Waals surface area contributed by atoms with Crippen molar-refractivity contribution >= 4 is 5.97 Å². The molecule has 4 aliphatic heterocycles. The minimum atomic E-state index is -0.610. The number of likely N-dealkylation sites (N-methyl/N-ethyl adjacent to an activating group) is 2. The number of esters is 1. The highest BCUT2D eigenvalue weighted by Crippen LogP contribution is 2.52. The summed E-state index contributed by atoms with van der Waals surface area (Å²) in [6.07, 6.45) is 2.99. The van der Waals surface area contributed by atoms with Gasteiger partial charge in [0.2, 0.25) is 5.75 Å². The lowest BCUT2D eigenvalue weighted by Crippen LogP contribution is -2.34. The Hall–Kier alpha value is -5.58. The molecule has 54 heavy (non-hydrogen) atoms. The van der Waals surface area contributed by atoms with Gasteiger partial charge in [-0.1, -0.05) is 18.2 Å². The molecule has 0 saturated heterocycles. The van der Waals surface area contributed by atoms with Crippen LogP contribution in [0.2, 0.25) is 0 Å². The SMILES string of the molecule is COc1cc2c3cc1Oc1c(OC)c(OC)cc4c1[C@@H](Cc1ccc(C(=O)Oc5ccc(F)cc5)c(c1)Oc1ccc(cc1)C[C@@H]3N(C)CC2)N(C)CC4. The highest BCUT2D eigenvalue weighted by Gasteiger charge is 2.35. The molecule has 278 valence electrons. The molecule has 0 amide bonds. The van der Waals surface area contributed by atoms with Crippen LogP contribution in [0.5, 0.6) is 46.0 Å². The van der Waals surface area contributed by atoms with E-state index in [4.69, 9.17) is 28.4 Å². The molecule has 4 aliphatic rings. The molecule has 5 aromatic carbocycles. The molecule has 10 heteroatoms. The van der Waals surface area contributed by atoms with E-state index in [1.165, 1.54) is 35.4 Å². The summed E-state index contributed by atoms with van der Waals surface area (Å²) < 4.78 is 50.8. The molecule has 0 saturated carbocycles. The summed E-state index contributed by atoms with van der Waals surface area (Å²) in [5.74, 6) is 3.08. The number of hydrogen-bond donors (Lipinski definition) is 0. The molecule has 0 N–H and O–H groups in total. The lowest BCUT2D eigenvalue weighted by molar-refractivity contribution is 0.0732. The van der Waals surface area contributed by atoms with Gasteiger partial charge < -0.3 is 28.4 Å². The van der Waals surface area contributed by atoms with Crippen LogP contribution in [0.3, 0.4) is 0 Å². The van der Waals surface area contributed by atoms with E-state index in [0.717, 1.165) is 54.6 Å². The molecule has 2 atom stereocenters. The van der Waals surface area contributed by atoms with Gasteiger partial charge in [0.05, 0.1) is 21.3 Å². The number of ether oxygens (including phenoxy) is 6. The Bertz CT molecular complexity index is 2210. The fraction of sp³-hybridized carbons (Fsp3) is 0.295. The molecule has 9 rings (SSSR count). The first-order valence-electron chi connectivity index (χ1n) is 18.2. The Morgan fingerprint density at radius 1 is 0.704 bits per heavy atom. The standard InChI is InChI=1S/C44H43FN2O7/c1-46-18-16-28-23-38(49-3)39-25-34(28)35(46)20-26-6-11-31(12-7-26)52-37-22-27(8-15-33(37)44(48)53-32-13-9-30(45)10-14-32)21-36-41-29(17-19-47(36)2)24-40(50-4)42(51-5)43(41)54-39/h6-15,22-25,35-36H,16-21H2,1-5H3/t35-,36+/m0/s1. The summed E-state index contributed by atoms with van der Waals surface area (Å²) in [4.78, 5) is 18.3. The van der Waals surface area contributed by atoms with Crippen LogP contribution in [0.4, 0.5) is 4.39 Å². The average Bonchev–Trinajstić information content (AvgIpc) is 3.18. The molecule has 4 heterocycles. The van der Waals surface area contributed by atoms with Crippen molar-refractivity contribution in [1.29, 1.82) is 0 Å². The van der Waals surface area contributed by atoms with Gasteiger partial charge in [0, 0.05) is 30.7 Å². The largest absolute Gasteiger partial charge is 0.493 e. The second-order valence-corrected chi connectivity index (χ2v) is 14.1. The number of benzene rings is 5. The van der Waals surface area contributed by atoms with Crippen LogP contribution in [0, 0.1) is 5.82 Å². The normalized spacial score (nSPS) is 18.0. The van der Waals surface area contributed by atoms with Gasteiger partial charge in [-0.05, 0) is 134 Å². The lowest BCUT2D eigenvalue weighted by Gasteiger charge is -2.37. The van der Waals surface area contributed by atoms with E-state index in [1.807, 2.05) is 24.3 Å². The summed E-state index contributed by atoms with van der Waals surface area (Å²) >= 11 is 0. The van der Waals surface area contributed by atoms with E-state index < -0.39 is 11.8 Å². The zero-order chi connectivity index (χ0) is 37.5. The Balaban J connectivity index is 1.30. The summed E-state index contributed by atoms with van der Waals surface area (Å²) in [5.41, 5.74) is 6.82. The maximum absolute atomic E-state index is 13.6. The van der Waals surface area contributed by atoms with Crippen molar-refractivity contribution in [3.05, 3.63) is 130 Å². The molecule has 9 nitrogen and oxygen atoms in total. The van der Waals surface area contributed by atoms with Crippen LogP contribution in [0.15, 0.2) is 84.9 Å². The van der Waals surface area contributed by atoms with E-state index >= 15 is 0 Å². The fourth-order valence-corrected chi connectivity index (χ4v) is 7.96. The number of nitrogens with zero attached hydrogens (tertiary/aromatic N) is 2. The fourth-order valence-electron chi connectivity index (χ4n) is 7.96. The van der Waals surface area contributed by atoms with E-state index in [0.29, 0.717) is 46.7 Å². The average molecular weight is 731 g/mol. The summed E-state index contributed by atoms with van der Waals surface area (Å²) in [7, 11) is 9.21. The van der Waals surface area contributed by atoms with Crippen molar-refractivity contribution in [1.82, 2.24) is 9.80 Å². The van der Waals surface area contributed by atoms with Crippen molar-refractivity contribution in [3.8, 4) is 46.0 Å². The van der Waals surface area contributed by atoms with Crippen LogP contribution in [-0.4, -0.2) is 64.3 Å². The molecular weight excluding hydrogens is 687 g/mol. The van der Waals surface area contributed by atoms with Gasteiger partial charge >= 0.3 is 5.97 Å². The first-order chi connectivity index (χ1) is 26.2. The number of fused-ring (bicyclic) bond motifs is 2. The maximum atomic E-state index is 13.6. The van der Waals surface area contributed by atoms with Gasteiger partial charge in [-0.2, -0.15) is 0 Å². The molecule has 0 spiro atoms. The minimum Gasteiger partial charge on any atom is -0.493 e. The minimum absolute atomic E-state index is 0.0807. The number of hydrogen-bond acceptors (Lipinski definition) is 9. The van der Waals surface area contributed by atoms with E-state index in [9.17, 15) is 9.18 Å². The van der Waals surface area contributed by atoms with Gasteiger partial charge in [0.15, 0.2) is 23.0 Å². The van der Waals surface area contributed by atoms with Gasteiger partial charge in [-0.3, -0.25) is 9.80 Å². The predicted molar refractivity (Wildman–Crippen MR) is 202 cm³/mol. The Morgan fingerprint density at radius 3 is 2.09 bits per heavy atom. The van der Waals surface area contributed by atoms with Gasteiger partial charge in [0.1, 0.15) is 28.6 Å². The van der Waals surface area contributed by atoms with E-state index in [-0.39, 0.29) is 23.4 Å². The highest BCUT2D eigenvalue weighted by molar-refractivity contribution is 5.94. The van der Waals surface area contributed by atoms with Crippen LogP contribution < -0.4 is 28.4 Å². The predicted octanol–water partition coefficient (Wildman–Crippen LogP) is 8.51. The van der Waals surface area contributed by atoms with Gasteiger partial charge in [0.25, 0.3) is 0 Å². The van der Waals surface area contributed by atoms with Crippen LogP contribution in [0.25, 0.3) is 0 Å². The third-order valence-electron chi connectivity index (χ3n) is 10.9. The third-order valence-corrected chi connectivity index (χ3v) is 10.9. The van der Waals surface area contributed by atoms with Crippen molar-refractivity contribution in [2.75, 3.05) is 48.5 Å². The molecule has 0 unspecified atom stereocenters. The van der Waals surface area contributed by atoms with E-state index in [1.54, 1.807) is 27.4 Å². The molecule has 0 fully saturated rings. The molecule has 0 aliphatic carbocycles. The van der Waals surface area contributed by atoms with Crippen molar-refractivity contribution in [3.63, 3.8) is 0 Å². The number of carbonyl (C=O) groups is 1. The topological polar surface area (TPSA) is 78.9 Å². The first kappa shape index (κ1) is 35.4. The second kappa shape index (κ2) is 14.7. The van der Waals surface area contributed by atoms with Crippen LogP contribution in [0.1, 0.15) is 55.8 Å². The zero-order valence-corrected chi connectivity index (χ0v) is 31.1. The summed E-state index contributed by atoms with van der Waals surface area (Å²) in [6.45, 7) is 1.71. The van der Waals surface area contributed by atoms with E-state index in [2.05, 4.69) is 54.2 Å². The van der Waals surface area contributed by atoms with Crippen LogP contribution in [-0.2, 0) is 25.7 Å². The third kappa shape index (κ3) is 6.71.